The maximum Gasteiger partial charge on any atom is 0.418 e. The van der Waals surface area contributed by atoms with E-state index in [1.165, 1.54) is 22.7 Å². The lowest BCUT2D eigenvalue weighted by molar-refractivity contribution is -0.137. The van der Waals surface area contributed by atoms with Crippen LogP contribution in [0.25, 0.3) is 16.8 Å². The van der Waals surface area contributed by atoms with Crippen molar-refractivity contribution in [1.29, 1.82) is 0 Å². The molecule has 3 heterocycles. The topological polar surface area (TPSA) is 83.8 Å². The molecule has 1 fully saturated rings. The van der Waals surface area contributed by atoms with Crippen LogP contribution in [-0.2, 0) is 15.7 Å². The summed E-state index contributed by atoms with van der Waals surface area (Å²) >= 11 is 0. The van der Waals surface area contributed by atoms with Crippen molar-refractivity contribution in [2.45, 2.75) is 6.18 Å². The van der Waals surface area contributed by atoms with Crippen LogP contribution in [0.4, 0.5) is 30.5 Å². The number of halogens is 3. The van der Waals surface area contributed by atoms with Crippen LogP contribution in [0.5, 0.6) is 0 Å². The smallest absolute Gasteiger partial charge is 0.379 e. The van der Waals surface area contributed by atoms with E-state index in [9.17, 15) is 18.0 Å². The zero-order chi connectivity index (χ0) is 25.1. The average molecular weight is 496 g/mol. The average Bonchev–Trinajstić information content (AvgIpc) is 3.26. The number of nitrogens with one attached hydrogen (secondary N) is 2. The molecule has 2 aromatic heterocycles. The summed E-state index contributed by atoms with van der Waals surface area (Å²) in [6.45, 7) is 3.07. The SMILES string of the molecule is O=C(CN1CCOCC1)Nc1ccc(-c2ccc3nc(Nc4ccccc4C(F)(F)F)nn3c2)cc1. The lowest BCUT2D eigenvalue weighted by Crippen LogP contribution is -2.41. The third-order valence-corrected chi connectivity index (χ3v) is 5.78. The molecule has 1 amide bonds. The highest BCUT2D eigenvalue weighted by Gasteiger charge is 2.33. The van der Waals surface area contributed by atoms with Gasteiger partial charge >= 0.3 is 6.18 Å². The number of benzene rings is 2. The highest BCUT2D eigenvalue weighted by atomic mass is 19.4. The van der Waals surface area contributed by atoms with E-state index < -0.39 is 11.7 Å². The van der Waals surface area contributed by atoms with Crippen molar-refractivity contribution in [3.63, 3.8) is 0 Å². The molecule has 0 aliphatic carbocycles. The first-order chi connectivity index (χ1) is 17.3. The molecule has 4 aromatic rings. The van der Waals surface area contributed by atoms with Gasteiger partial charge < -0.3 is 15.4 Å². The molecule has 2 N–H and O–H groups in total. The number of amides is 1. The molecule has 0 unspecified atom stereocenters. The molecule has 5 rings (SSSR count). The minimum atomic E-state index is -4.50. The Morgan fingerprint density at radius 1 is 0.972 bits per heavy atom. The van der Waals surface area contributed by atoms with Crippen molar-refractivity contribution in [2.24, 2.45) is 0 Å². The van der Waals surface area contributed by atoms with Crippen LogP contribution in [-0.4, -0.2) is 58.3 Å². The van der Waals surface area contributed by atoms with Gasteiger partial charge in [0.2, 0.25) is 11.9 Å². The highest BCUT2D eigenvalue weighted by molar-refractivity contribution is 5.92. The normalized spacial score (nSPS) is 14.6. The third-order valence-electron chi connectivity index (χ3n) is 5.78. The number of morpholine rings is 1. The molecule has 0 radical (unpaired) electrons. The monoisotopic (exact) mass is 496 g/mol. The zero-order valence-electron chi connectivity index (χ0n) is 19.1. The summed E-state index contributed by atoms with van der Waals surface area (Å²) in [5, 5.41) is 9.86. The molecule has 0 spiro atoms. The summed E-state index contributed by atoms with van der Waals surface area (Å²) < 4.78 is 46.7. The Hall–Kier alpha value is -3.96. The van der Waals surface area contributed by atoms with Gasteiger partial charge in [-0.15, -0.1) is 5.10 Å². The molecule has 0 saturated carbocycles. The van der Waals surface area contributed by atoms with Crippen molar-refractivity contribution in [1.82, 2.24) is 19.5 Å². The number of alkyl halides is 3. The Kier molecular flexibility index (Phi) is 6.57. The first-order valence-electron chi connectivity index (χ1n) is 11.4. The molecule has 1 saturated heterocycles. The lowest BCUT2D eigenvalue weighted by Gasteiger charge is -2.25. The Morgan fingerprint density at radius 2 is 1.69 bits per heavy atom. The molecule has 1 aliphatic rings. The maximum atomic E-state index is 13.3. The van der Waals surface area contributed by atoms with E-state index in [0.717, 1.165) is 30.3 Å². The molecular weight excluding hydrogens is 473 g/mol. The molecule has 1 aliphatic heterocycles. The molecule has 186 valence electrons. The fraction of sp³-hybridized carbons (Fsp3) is 0.240. The molecule has 36 heavy (non-hydrogen) atoms. The number of carbonyl (C=O) groups excluding carboxylic acids is 1. The highest BCUT2D eigenvalue weighted by Crippen LogP contribution is 2.35. The molecule has 8 nitrogen and oxygen atoms in total. The first-order valence-corrected chi connectivity index (χ1v) is 11.4. The second kappa shape index (κ2) is 9.96. The summed E-state index contributed by atoms with van der Waals surface area (Å²) in [7, 11) is 0. The second-order valence-corrected chi connectivity index (χ2v) is 8.34. The number of anilines is 3. The molecule has 0 bridgehead atoms. The number of nitrogens with zero attached hydrogens (tertiary/aromatic N) is 4. The standard InChI is InChI=1S/C25H23F3N6O2/c26-25(27,28)20-3-1-2-4-21(20)30-24-31-22-10-7-18(15-34(22)32-24)17-5-8-19(9-6-17)29-23(35)16-33-11-13-36-14-12-33/h1-10,15H,11-14,16H2,(H,29,35)(H,30,32). The van der Waals surface area contributed by atoms with Crippen LogP contribution in [0.2, 0.25) is 0 Å². The summed E-state index contributed by atoms with van der Waals surface area (Å²) in [5.41, 5.74) is 1.98. The largest absolute Gasteiger partial charge is 0.418 e. The van der Waals surface area contributed by atoms with E-state index >= 15 is 0 Å². The van der Waals surface area contributed by atoms with E-state index in [1.807, 2.05) is 35.2 Å². The van der Waals surface area contributed by atoms with Crippen molar-refractivity contribution in [2.75, 3.05) is 43.5 Å². The predicted octanol–water partition coefficient (Wildman–Crippen LogP) is 4.43. The Labute approximate surface area is 204 Å². The van der Waals surface area contributed by atoms with Gasteiger partial charge in [-0.05, 0) is 42.0 Å². The second-order valence-electron chi connectivity index (χ2n) is 8.34. The van der Waals surface area contributed by atoms with E-state index in [4.69, 9.17) is 4.74 Å². The van der Waals surface area contributed by atoms with E-state index in [-0.39, 0.29) is 17.5 Å². The third kappa shape index (κ3) is 5.47. The maximum absolute atomic E-state index is 13.3. The quantitative estimate of drug-likeness (QED) is 0.411. The number of hydrogen-bond donors (Lipinski definition) is 2. The summed E-state index contributed by atoms with van der Waals surface area (Å²) in [6.07, 6.45) is -2.75. The van der Waals surface area contributed by atoms with E-state index in [2.05, 4.69) is 20.7 Å². The van der Waals surface area contributed by atoms with Crippen LogP contribution < -0.4 is 10.6 Å². The fourth-order valence-electron chi connectivity index (χ4n) is 3.98. The lowest BCUT2D eigenvalue weighted by atomic mass is 10.1. The number of ether oxygens (including phenoxy) is 1. The number of carbonyl (C=O) groups is 1. The van der Waals surface area contributed by atoms with Gasteiger partial charge in [0.15, 0.2) is 5.65 Å². The van der Waals surface area contributed by atoms with Crippen molar-refractivity contribution in [3.05, 3.63) is 72.4 Å². The van der Waals surface area contributed by atoms with Gasteiger partial charge in [0.05, 0.1) is 31.0 Å². The van der Waals surface area contributed by atoms with Gasteiger partial charge in [0.25, 0.3) is 0 Å². The van der Waals surface area contributed by atoms with E-state index in [0.29, 0.717) is 31.1 Å². The molecular formula is C25H23F3N6O2. The summed E-state index contributed by atoms with van der Waals surface area (Å²) in [5.74, 6) is -0.0250. The number of pyridine rings is 1. The van der Waals surface area contributed by atoms with Crippen molar-refractivity contribution in [3.8, 4) is 11.1 Å². The minimum Gasteiger partial charge on any atom is -0.379 e. The number of rotatable bonds is 6. The summed E-state index contributed by atoms with van der Waals surface area (Å²) in [4.78, 5) is 18.6. The van der Waals surface area contributed by atoms with Crippen LogP contribution in [0.15, 0.2) is 66.9 Å². The van der Waals surface area contributed by atoms with E-state index in [1.54, 1.807) is 12.3 Å². The predicted molar refractivity (Wildman–Crippen MR) is 129 cm³/mol. The molecule has 11 heteroatoms. The van der Waals surface area contributed by atoms with Crippen LogP contribution in [0, 0.1) is 0 Å². The van der Waals surface area contributed by atoms with Gasteiger partial charge in [-0.3, -0.25) is 9.69 Å². The zero-order valence-corrected chi connectivity index (χ0v) is 19.1. The number of para-hydroxylation sites is 1. The fourth-order valence-corrected chi connectivity index (χ4v) is 3.98. The molecule has 0 atom stereocenters. The van der Waals surface area contributed by atoms with Crippen LogP contribution >= 0.6 is 0 Å². The number of hydrogen-bond acceptors (Lipinski definition) is 6. The first kappa shape index (κ1) is 23.8. The van der Waals surface area contributed by atoms with Gasteiger partial charge in [-0.1, -0.05) is 24.3 Å². The van der Waals surface area contributed by atoms with Gasteiger partial charge in [-0.25, -0.2) is 4.52 Å². The summed E-state index contributed by atoms with van der Waals surface area (Å²) in [6, 6.07) is 16.2. The van der Waals surface area contributed by atoms with Gasteiger partial charge in [0, 0.05) is 30.5 Å². The number of aromatic nitrogens is 3. The Bertz CT molecular complexity index is 1360. The minimum absolute atomic E-state index is 0.0576. The van der Waals surface area contributed by atoms with Crippen molar-refractivity contribution >= 4 is 28.9 Å². The Morgan fingerprint density at radius 3 is 2.44 bits per heavy atom. The van der Waals surface area contributed by atoms with Crippen molar-refractivity contribution < 1.29 is 22.7 Å². The molecule has 2 aromatic carbocycles. The van der Waals surface area contributed by atoms with Crippen LogP contribution in [0.3, 0.4) is 0 Å². The van der Waals surface area contributed by atoms with Gasteiger partial charge in [0.1, 0.15) is 0 Å². The van der Waals surface area contributed by atoms with Crippen LogP contribution in [0.1, 0.15) is 5.56 Å². The van der Waals surface area contributed by atoms with Gasteiger partial charge in [-0.2, -0.15) is 18.2 Å². The Balaban J connectivity index is 1.28. The number of fused-ring (bicyclic) bond motifs is 1.